The number of benzene rings is 1. The molecule has 0 bridgehead atoms. The molecular formula is C13H19FO. The van der Waals surface area contributed by atoms with E-state index in [1.807, 2.05) is 40.7 Å². The Morgan fingerprint density at radius 2 is 1.73 bits per heavy atom. The van der Waals surface area contributed by atoms with Gasteiger partial charge in [-0.3, -0.25) is 0 Å². The van der Waals surface area contributed by atoms with Crippen LogP contribution in [0.1, 0.15) is 46.1 Å². The van der Waals surface area contributed by atoms with Gasteiger partial charge in [0.1, 0.15) is 17.2 Å². The van der Waals surface area contributed by atoms with Gasteiger partial charge in [-0.2, -0.15) is 0 Å². The first-order chi connectivity index (χ1) is 6.78. The van der Waals surface area contributed by atoms with Crippen LogP contribution in [0.15, 0.2) is 18.2 Å². The number of hydrogen-bond donors (Lipinski definition) is 0. The molecule has 1 rings (SSSR count). The number of rotatable bonds is 2. The molecule has 15 heavy (non-hydrogen) atoms. The largest absolute Gasteiger partial charge is 0.488 e. The van der Waals surface area contributed by atoms with Crippen molar-refractivity contribution in [3.8, 4) is 5.75 Å². The van der Waals surface area contributed by atoms with Crippen LogP contribution in [0.2, 0.25) is 0 Å². The maximum atomic E-state index is 13.3. The highest BCUT2D eigenvalue weighted by Crippen LogP contribution is 2.25. The topological polar surface area (TPSA) is 9.23 Å². The summed E-state index contributed by atoms with van der Waals surface area (Å²) in [5, 5.41) is 0. The number of halogens is 1. The predicted octanol–water partition coefficient (Wildman–Crippen LogP) is 4.13. The fraction of sp³-hybridized carbons (Fsp3) is 0.538. The molecule has 0 aliphatic rings. The molecule has 2 heteroatoms. The maximum absolute atomic E-state index is 13.3. The number of ether oxygens (including phenoxy) is 1. The Hall–Kier alpha value is -1.05. The molecule has 0 amide bonds. The Balaban J connectivity index is 2.99. The number of hydrogen-bond acceptors (Lipinski definition) is 1. The molecule has 0 N–H and O–H groups in total. The molecule has 0 aromatic heterocycles. The Morgan fingerprint density at radius 3 is 2.20 bits per heavy atom. The summed E-state index contributed by atoms with van der Waals surface area (Å²) in [6, 6.07) is 4.89. The molecule has 0 fully saturated rings. The first kappa shape index (κ1) is 12.0. The fourth-order valence-corrected chi connectivity index (χ4v) is 1.33. The van der Waals surface area contributed by atoms with Crippen molar-refractivity contribution in [3.05, 3.63) is 29.6 Å². The van der Waals surface area contributed by atoms with Gasteiger partial charge in [0.2, 0.25) is 0 Å². The Bertz CT molecular complexity index is 337. The summed E-state index contributed by atoms with van der Waals surface area (Å²) >= 11 is 0. The van der Waals surface area contributed by atoms with Crippen LogP contribution in [0.25, 0.3) is 0 Å². The van der Waals surface area contributed by atoms with Gasteiger partial charge in [-0.25, -0.2) is 4.39 Å². The average molecular weight is 210 g/mol. The van der Waals surface area contributed by atoms with Gasteiger partial charge in [0, 0.05) is 6.07 Å². The molecule has 0 atom stereocenters. The quantitative estimate of drug-likeness (QED) is 0.713. The van der Waals surface area contributed by atoms with E-state index < -0.39 is 0 Å². The van der Waals surface area contributed by atoms with Crippen molar-refractivity contribution in [2.24, 2.45) is 0 Å². The summed E-state index contributed by atoms with van der Waals surface area (Å²) in [7, 11) is 0. The zero-order valence-electron chi connectivity index (χ0n) is 10.1. The molecule has 0 aliphatic heterocycles. The minimum Gasteiger partial charge on any atom is -0.488 e. The van der Waals surface area contributed by atoms with Crippen LogP contribution < -0.4 is 4.74 Å². The first-order valence-corrected chi connectivity index (χ1v) is 5.27. The third-order valence-electron chi connectivity index (χ3n) is 1.98. The van der Waals surface area contributed by atoms with E-state index in [2.05, 4.69) is 0 Å². The predicted molar refractivity (Wildman–Crippen MR) is 60.9 cm³/mol. The summed E-state index contributed by atoms with van der Waals surface area (Å²) in [5.41, 5.74) is 0.677. The zero-order valence-corrected chi connectivity index (χ0v) is 10.1. The third kappa shape index (κ3) is 3.90. The second-order valence-electron chi connectivity index (χ2n) is 5.09. The summed E-state index contributed by atoms with van der Waals surface area (Å²) in [4.78, 5) is 0. The molecule has 84 valence electrons. The molecule has 0 heterocycles. The Labute approximate surface area is 91.3 Å². The van der Waals surface area contributed by atoms with E-state index in [1.165, 1.54) is 6.07 Å². The van der Waals surface area contributed by atoms with Gasteiger partial charge in [-0.15, -0.1) is 0 Å². The minimum atomic E-state index is -0.290. The van der Waals surface area contributed by atoms with Gasteiger partial charge in [-0.05, 0) is 44.4 Å². The van der Waals surface area contributed by atoms with Crippen molar-refractivity contribution < 1.29 is 9.13 Å². The highest BCUT2D eigenvalue weighted by molar-refractivity contribution is 5.31. The van der Waals surface area contributed by atoms with E-state index in [0.717, 1.165) is 5.56 Å². The Kier molecular flexibility index (Phi) is 3.38. The van der Waals surface area contributed by atoms with E-state index in [4.69, 9.17) is 4.74 Å². The molecule has 0 radical (unpaired) electrons. The van der Waals surface area contributed by atoms with Gasteiger partial charge in [0.15, 0.2) is 0 Å². The Morgan fingerprint density at radius 1 is 1.13 bits per heavy atom. The summed E-state index contributed by atoms with van der Waals surface area (Å²) < 4.78 is 18.9. The van der Waals surface area contributed by atoms with Crippen molar-refractivity contribution in [1.29, 1.82) is 0 Å². The molecule has 0 saturated heterocycles. The first-order valence-electron chi connectivity index (χ1n) is 5.27. The van der Waals surface area contributed by atoms with Crippen molar-refractivity contribution in [2.45, 2.75) is 46.1 Å². The smallest absolute Gasteiger partial charge is 0.127 e. The van der Waals surface area contributed by atoms with Crippen molar-refractivity contribution >= 4 is 0 Å². The average Bonchev–Trinajstić information content (AvgIpc) is 1.99. The van der Waals surface area contributed by atoms with Crippen molar-refractivity contribution in [2.75, 3.05) is 0 Å². The van der Waals surface area contributed by atoms with Crippen LogP contribution in [0.5, 0.6) is 5.75 Å². The van der Waals surface area contributed by atoms with Crippen LogP contribution in [0.3, 0.4) is 0 Å². The standard InChI is InChI=1S/C13H19FO/c1-9(2)10-6-11(14)8-12(7-10)15-13(3,4)5/h6-9H,1-5H3. The third-order valence-corrected chi connectivity index (χ3v) is 1.98. The normalized spacial score (nSPS) is 11.9. The van der Waals surface area contributed by atoms with E-state index >= 15 is 0 Å². The molecular weight excluding hydrogens is 191 g/mol. The lowest BCUT2D eigenvalue weighted by atomic mass is 10.0. The SMILES string of the molecule is CC(C)c1cc(F)cc(OC(C)(C)C)c1. The molecule has 0 unspecified atom stereocenters. The van der Waals surface area contributed by atoms with E-state index in [1.54, 1.807) is 6.07 Å². The van der Waals surface area contributed by atoms with Gasteiger partial charge in [0.25, 0.3) is 0 Å². The molecule has 0 saturated carbocycles. The molecule has 1 aromatic rings. The van der Waals surface area contributed by atoms with Crippen LogP contribution >= 0.6 is 0 Å². The van der Waals surface area contributed by atoms with Gasteiger partial charge < -0.3 is 4.74 Å². The van der Waals surface area contributed by atoms with Crippen molar-refractivity contribution in [1.82, 2.24) is 0 Å². The van der Waals surface area contributed by atoms with Crippen LogP contribution in [-0.4, -0.2) is 5.60 Å². The fourth-order valence-electron chi connectivity index (χ4n) is 1.33. The highest BCUT2D eigenvalue weighted by Gasteiger charge is 2.13. The second kappa shape index (κ2) is 4.21. The highest BCUT2D eigenvalue weighted by atomic mass is 19.1. The zero-order chi connectivity index (χ0) is 11.6. The molecule has 0 aliphatic carbocycles. The summed E-state index contributed by atoms with van der Waals surface area (Å²) in [6.07, 6.45) is 0. The summed E-state index contributed by atoms with van der Waals surface area (Å²) in [5.74, 6) is 0.676. The van der Waals surface area contributed by atoms with Gasteiger partial charge >= 0.3 is 0 Å². The van der Waals surface area contributed by atoms with Crippen LogP contribution in [0.4, 0.5) is 4.39 Å². The second-order valence-corrected chi connectivity index (χ2v) is 5.09. The van der Waals surface area contributed by atoms with E-state index in [0.29, 0.717) is 11.7 Å². The van der Waals surface area contributed by atoms with Crippen LogP contribution in [0, 0.1) is 5.82 Å². The van der Waals surface area contributed by atoms with E-state index in [9.17, 15) is 4.39 Å². The lowest BCUT2D eigenvalue weighted by Gasteiger charge is -2.22. The minimum absolute atomic E-state index is 0.236. The molecule has 0 spiro atoms. The van der Waals surface area contributed by atoms with Gasteiger partial charge in [-0.1, -0.05) is 13.8 Å². The lowest BCUT2D eigenvalue weighted by molar-refractivity contribution is 0.130. The molecule has 1 aromatic carbocycles. The van der Waals surface area contributed by atoms with E-state index in [-0.39, 0.29) is 11.4 Å². The monoisotopic (exact) mass is 210 g/mol. The summed E-state index contributed by atoms with van der Waals surface area (Å²) in [6.45, 7) is 9.93. The molecule has 1 nitrogen and oxygen atoms in total. The lowest BCUT2D eigenvalue weighted by Crippen LogP contribution is -2.23. The maximum Gasteiger partial charge on any atom is 0.127 e. The van der Waals surface area contributed by atoms with Crippen molar-refractivity contribution in [3.63, 3.8) is 0 Å². The van der Waals surface area contributed by atoms with Gasteiger partial charge in [0.05, 0.1) is 0 Å². The van der Waals surface area contributed by atoms with Crippen LogP contribution in [-0.2, 0) is 0 Å².